The van der Waals surface area contributed by atoms with Gasteiger partial charge in [0.05, 0.1) is 12.6 Å². The van der Waals surface area contributed by atoms with Gasteiger partial charge in [-0.05, 0) is 12.3 Å². The van der Waals surface area contributed by atoms with Gasteiger partial charge in [0.2, 0.25) is 11.8 Å². The summed E-state index contributed by atoms with van der Waals surface area (Å²) in [5.74, 6) is 0.298. The Balaban J connectivity index is 2.55. The van der Waals surface area contributed by atoms with Crippen LogP contribution in [-0.4, -0.2) is 41.5 Å². The number of carbonyl (C=O) groups excluding carboxylic acids is 2. The summed E-state index contributed by atoms with van der Waals surface area (Å²) >= 11 is 0. The molecular weight excluding hydrogens is 260 g/mol. The van der Waals surface area contributed by atoms with Crippen LogP contribution in [0.2, 0.25) is 0 Å². The van der Waals surface area contributed by atoms with Crippen LogP contribution in [0.15, 0.2) is 10.6 Å². The van der Waals surface area contributed by atoms with E-state index in [1.54, 1.807) is 20.0 Å². The number of nitrogens with two attached hydrogens (primary N) is 1. The van der Waals surface area contributed by atoms with Gasteiger partial charge in [0.1, 0.15) is 5.76 Å². The van der Waals surface area contributed by atoms with Crippen molar-refractivity contribution in [2.75, 3.05) is 18.9 Å². The van der Waals surface area contributed by atoms with Crippen molar-refractivity contribution in [3.05, 3.63) is 11.8 Å². The lowest BCUT2D eigenvalue weighted by molar-refractivity contribution is -0.136. The zero-order valence-electron chi connectivity index (χ0n) is 12.6. The fraction of sp³-hybridized carbons (Fsp3) is 0.615. The summed E-state index contributed by atoms with van der Waals surface area (Å²) in [5.41, 5.74) is 5.52. The molecule has 3 N–H and O–H groups in total. The van der Waals surface area contributed by atoms with E-state index in [0.717, 1.165) is 0 Å². The first-order valence-electron chi connectivity index (χ1n) is 6.35. The fourth-order valence-electron chi connectivity index (χ4n) is 1.51. The molecule has 0 aliphatic carbocycles. The first kappa shape index (κ1) is 16.2. The average Bonchev–Trinajstić information content (AvgIpc) is 2.71. The van der Waals surface area contributed by atoms with Crippen LogP contribution in [0.3, 0.4) is 0 Å². The van der Waals surface area contributed by atoms with Crippen LogP contribution in [0.5, 0.6) is 0 Å². The molecule has 1 atom stereocenters. The van der Waals surface area contributed by atoms with E-state index in [2.05, 4.69) is 10.5 Å². The van der Waals surface area contributed by atoms with Gasteiger partial charge in [-0.3, -0.25) is 9.59 Å². The lowest BCUT2D eigenvalue weighted by Crippen LogP contribution is -2.50. The Morgan fingerprint density at radius 2 is 2.10 bits per heavy atom. The first-order chi connectivity index (χ1) is 9.11. The SMILES string of the molecule is Cc1cc(NC(=O)CN(C)C(=O)[C@H](N)C(C)(C)C)no1. The van der Waals surface area contributed by atoms with Gasteiger partial charge in [-0.1, -0.05) is 25.9 Å². The second-order valence-electron chi connectivity index (χ2n) is 5.91. The molecule has 0 aliphatic heterocycles. The topological polar surface area (TPSA) is 101 Å². The summed E-state index contributed by atoms with van der Waals surface area (Å²) < 4.78 is 4.84. The van der Waals surface area contributed by atoms with E-state index in [-0.39, 0.29) is 23.8 Å². The van der Waals surface area contributed by atoms with E-state index in [9.17, 15) is 9.59 Å². The maximum atomic E-state index is 12.1. The van der Waals surface area contributed by atoms with Crippen molar-refractivity contribution in [2.24, 2.45) is 11.1 Å². The van der Waals surface area contributed by atoms with E-state index >= 15 is 0 Å². The first-order valence-corrected chi connectivity index (χ1v) is 6.35. The standard InChI is InChI=1S/C13H22N4O3/c1-8-6-9(16-20-8)15-10(18)7-17(5)12(19)11(14)13(2,3)4/h6,11H,7,14H2,1-5H3,(H,15,16,18)/t11-/m0/s1. The highest BCUT2D eigenvalue weighted by molar-refractivity contribution is 5.94. The van der Waals surface area contributed by atoms with Gasteiger partial charge >= 0.3 is 0 Å². The number of aromatic nitrogens is 1. The molecule has 0 unspecified atom stereocenters. The third-order valence-electron chi connectivity index (χ3n) is 2.85. The van der Waals surface area contributed by atoms with Crippen LogP contribution < -0.4 is 11.1 Å². The lowest BCUT2D eigenvalue weighted by Gasteiger charge is -2.29. The molecule has 1 aromatic heterocycles. The predicted molar refractivity (Wildman–Crippen MR) is 74.9 cm³/mol. The van der Waals surface area contributed by atoms with Crippen molar-refractivity contribution in [3.63, 3.8) is 0 Å². The molecule has 0 spiro atoms. The zero-order valence-corrected chi connectivity index (χ0v) is 12.6. The molecule has 0 radical (unpaired) electrons. The van der Waals surface area contributed by atoms with Crippen LogP contribution in [0.1, 0.15) is 26.5 Å². The number of rotatable bonds is 4. The van der Waals surface area contributed by atoms with E-state index in [1.165, 1.54) is 4.90 Å². The highest BCUT2D eigenvalue weighted by atomic mass is 16.5. The summed E-state index contributed by atoms with van der Waals surface area (Å²) in [5, 5.41) is 6.19. The summed E-state index contributed by atoms with van der Waals surface area (Å²) in [6.45, 7) is 7.26. The number of likely N-dealkylation sites (N-methyl/N-ethyl adjacent to an activating group) is 1. The average molecular weight is 282 g/mol. The van der Waals surface area contributed by atoms with Gasteiger partial charge < -0.3 is 20.5 Å². The minimum Gasteiger partial charge on any atom is -0.360 e. The Kier molecular flexibility index (Phi) is 4.88. The zero-order chi connectivity index (χ0) is 15.5. The molecule has 1 aromatic rings. The monoisotopic (exact) mass is 282 g/mol. The molecule has 0 aromatic carbocycles. The van der Waals surface area contributed by atoms with Crippen molar-refractivity contribution in [1.29, 1.82) is 0 Å². The van der Waals surface area contributed by atoms with E-state index in [4.69, 9.17) is 10.3 Å². The number of nitrogens with one attached hydrogen (secondary N) is 1. The van der Waals surface area contributed by atoms with Gasteiger partial charge in [0, 0.05) is 13.1 Å². The number of amides is 2. The Hall–Kier alpha value is -1.89. The Morgan fingerprint density at radius 3 is 2.55 bits per heavy atom. The van der Waals surface area contributed by atoms with Gasteiger partial charge in [-0.25, -0.2) is 0 Å². The number of nitrogens with zero attached hydrogens (tertiary/aromatic N) is 2. The summed E-state index contributed by atoms with van der Waals surface area (Å²) in [4.78, 5) is 25.2. The smallest absolute Gasteiger partial charge is 0.245 e. The summed E-state index contributed by atoms with van der Waals surface area (Å²) in [6.07, 6.45) is 0. The highest BCUT2D eigenvalue weighted by Gasteiger charge is 2.30. The van der Waals surface area contributed by atoms with Gasteiger partial charge in [0.15, 0.2) is 5.82 Å². The maximum absolute atomic E-state index is 12.1. The third kappa shape index (κ3) is 4.34. The molecule has 0 fully saturated rings. The van der Waals surface area contributed by atoms with E-state index < -0.39 is 6.04 Å². The Labute approximate surface area is 118 Å². The molecule has 1 heterocycles. The molecular formula is C13H22N4O3. The molecule has 0 saturated heterocycles. The van der Waals surface area contributed by atoms with Crippen molar-refractivity contribution in [1.82, 2.24) is 10.1 Å². The van der Waals surface area contributed by atoms with Gasteiger partial charge in [-0.2, -0.15) is 0 Å². The Bertz CT molecular complexity index is 490. The van der Waals surface area contributed by atoms with Crippen LogP contribution in [0.25, 0.3) is 0 Å². The molecule has 112 valence electrons. The fourth-order valence-corrected chi connectivity index (χ4v) is 1.51. The molecule has 7 heteroatoms. The highest BCUT2D eigenvalue weighted by Crippen LogP contribution is 2.18. The van der Waals surface area contributed by atoms with Crippen molar-refractivity contribution in [3.8, 4) is 0 Å². The van der Waals surface area contributed by atoms with Crippen molar-refractivity contribution in [2.45, 2.75) is 33.7 Å². The number of hydrogen-bond donors (Lipinski definition) is 2. The largest absolute Gasteiger partial charge is 0.360 e. The molecule has 0 saturated carbocycles. The van der Waals surface area contributed by atoms with E-state index in [1.807, 2.05) is 20.8 Å². The Morgan fingerprint density at radius 1 is 1.50 bits per heavy atom. The third-order valence-corrected chi connectivity index (χ3v) is 2.85. The van der Waals surface area contributed by atoms with Gasteiger partial charge in [-0.15, -0.1) is 0 Å². The maximum Gasteiger partial charge on any atom is 0.245 e. The van der Waals surface area contributed by atoms with E-state index in [0.29, 0.717) is 11.6 Å². The van der Waals surface area contributed by atoms with Crippen LogP contribution in [-0.2, 0) is 9.59 Å². The lowest BCUT2D eigenvalue weighted by atomic mass is 9.86. The molecule has 0 aliphatic rings. The molecule has 2 amide bonds. The molecule has 20 heavy (non-hydrogen) atoms. The predicted octanol–water partition coefficient (Wildman–Crippen LogP) is 0.753. The number of carbonyl (C=O) groups is 2. The molecule has 7 nitrogen and oxygen atoms in total. The minimum absolute atomic E-state index is 0.0888. The molecule has 1 rings (SSSR count). The normalized spacial score (nSPS) is 12.9. The van der Waals surface area contributed by atoms with Crippen LogP contribution in [0, 0.1) is 12.3 Å². The van der Waals surface area contributed by atoms with Crippen molar-refractivity contribution >= 4 is 17.6 Å². The number of anilines is 1. The second kappa shape index (κ2) is 6.04. The van der Waals surface area contributed by atoms with Crippen LogP contribution >= 0.6 is 0 Å². The number of hydrogen-bond acceptors (Lipinski definition) is 5. The summed E-state index contributed by atoms with van der Waals surface area (Å²) in [6, 6.07) is 0.940. The molecule has 0 bridgehead atoms. The minimum atomic E-state index is -0.658. The second-order valence-corrected chi connectivity index (χ2v) is 5.91. The number of aryl methyl sites for hydroxylation is 1. The van der Waals surface area contributed by atoms with Gasteiger partial charge in [0.25, 0.3) is 0 Å². The van der Waals surface area contributed by atoms with Crippen molar-refractivity contribution < 1.29 is 14.1 Å². The quantitative estimate of drug-likeness (QED) is 0.848. The van der Waals surface area contributed by atoms with Crippen LogP contribution in [0.4, 0.5) is 5.82 Å². The summed E-state index contributed by atoms with van der Waals surface area (Å²) in [7, 11) is 1.54.